The van der Waals surface area contributed by atoms with Crippen molar-refractivity contribution in [2.24, 2.45) is 0 Å². The van der Waals surface area contributed by atoms with Gasteiger partial charge in [-0.25, -0.2) is 9.97 Å². The van der Waals surface area contributed by atoms with Crippen LogP contribution in [0.5, 0.6) is 23.3 Å². The van der Waals surface area contributed by atoms with Gasteiger partial charge in [0.25, 0.3) is 0 Å². The first-order valence-corrected chi connectivity index (χ1v) is 8.80. The topological polar surface area (TPSA) is 44.2 Å². The van der Waals surface area contributed by atoms with Gasteiger partial charge in [-0.1, -0.05) is 12.1 Å². The molecule has 2 aromatic carbocycles. The lowest BCUT2D eigenvalue weighted by molar-refractivity contribution is 0.433. The lowest BCUT2D eigenvalue weighted by Crippen LogP contribution is -1.93. The Bertz CT molecular complexity index is 795. The van der Waals surface area contributed by atoms with Crippen molar-refractivity contribution >= 4 is 31.9 Å². The van der Waals surface area contributed by atoms with Gasteiger partial charge in [0.05, 0.1) is 21.3 Å². The molecule has 4 nitrogen and oxygen atoms in total. The fraction of sp³-hybridized carbons (Fsp3) is 0.111. The molecule has 0 saturated heterocycles. The Morgan fingerprint density at radius 3 is 1.46 bits per heavy atom. The van der Waals surface area contributed by atoms with Crippen molar-refractivity contribution in [3.8, 4) is 23.3 Å². The van der Waals surface area contributed by atoms with Gasteiger partial charge in [-0.3, -0.25) is 0 Å². The Kier molecular flexibility index (Phi) is 5.16. The van der Waals surface area contributed by atoms with E-state index in [4.69, 9.17) is 9.47 Å². The van der Waals surface area contributed by atoms with Crippen LogP contribution in [0.3, 0.4) is 0 Å². The lowest BCUT2D eigenvalue weighted by atomic mass is 10.2. The molecule has 0 N–H and O–H groups in total. The van der Waals surface area contributed by atoms with Gasteiger partial charge in [-0.15, -0.1) is 0 Å². The van der Waals surface area contributed by atoms with Gasteiger partial charge < -0.3 is 9.47 Å². The number of aryl methyl sites for hydroxylation is 2. The number of nitrogens with zero attached hydrogens (tertiary/aromatic N) is 2. The van der Waals surface area contributed by atoms with E-state index in [1.54, 1.807) is 0 Å². The number of aromatic nitrogens is 2. The van der Waals surface area contributed by atoms with E-state index in [0.29, 0.717) is 23.3 Å². The molecular weight excluding hydrogens is 436 g/mol. The van der Waals surface area contributed by atoms with Gasteiger partial charge in [0, 0.05) is 0 Å². The van der Waals surface area contributed by atoms with Crippen LogP contribution in [0.1, 0.15) is 11.1 Å². The van der Waals surface area contributed by atoms with Crippen LogP contribution in [-0.4, -0.2) is 9.97 Å². The largest absolute Gasteiger partial charge is 0.436 e. The van der Waals surface area contributed by atoms with E-state index in [2.05, 4.69) is 41.8 Å². The highest BCUT2D eigenvalue weighted by Gasteiger charge is 2.07. The highest BCUT2D eigenvalue weighted by atomic mass is 79.9. The van der Waals surface area contributed by atoms with Crippen molar-refractivity contribution in [2.75, 3.05) is 0 Å². The van der Waals surface area contributed by atoms with Crippen molar-refractivity contribution in [1.82, 2.24) is 9.97 Å². The smallest absolute Gasteiger partial charge is 0.238 e. The standard InChI is InChI=1S/C18H14Br2N2O2/c1-11-3-5-15(13(19)7-11)23-17-9-22-18(10-21-17)24-16-6-4-12(2)8-14(16)20/h3-10H,1-2H3. The van der Waals surface area contributed by atoms with Crippen molar-refractivity contribution in [1.29, 1.82) is 0 Å². The van der Waals surface area contributed by atoms with Gasteiger partial charge in [0.1, 0.15) is 11.5 Å². The summed E-state index contributed by atoms with van der Waals surface area (Å²) in [5.74, 6) is 2.17. The van der Waals surface area contributed by atoms with E-state index in [-0.39, 0.29) is 0 Å². The molecule has 1 aromatic heterocycles. The molecule has 6 heteroatoms. The molecule has 3 rings (SSSR count). The van der Waals surface area contributed by atoms with Gasteiger partial charge in [-0.2, -0.15) is 0 Å². The summed E-state index contributed by atoms with van der Waals surface area (Å²) in [6.45, 7) is 4.04. The van der Waals surface area contributed by atoms with Crippen molar-refractivity contribution in [2.45, 2.75) is 13.8 Å². The zero-order chi connectivity index (χ0) is 17.1. The summed E-state index contributed by atoms with van der Waals surface area (Å²) in [6.07, 6.45) is 3.06. The molecule has 0 bridgehead atoms. The molecule has 0 saturated carbocycles. The van der Waals surface area contributed by atoms with Crippen LogP contribution in [0.15, 0.2) is 57.7 Å². The molecule has 0 unspecified atom stereocenters. The minimum atomic E-state index is 0.398. The monoisotopic (exact) mass is 448 g/mol. The third-order valence-corrected chi connectivity index (χ3v) is 4.45. The second-order valence-electron chi connectivity index (χ2n) is 5.26. The van der Waals surface area contributed by atoms with Crippen LogP contribution >= 0.6 is 31.9 Å². The van der Waals surface area contributed by atoms with E-state index < -0.39 is 0 Å². The fourth-order valence-electron chi connectivity index (χ4n) is 2.01. The summed E-state index contributed by atoms with van der Waals surface area (Å²) in [7, 11) is 0. The Balaban J connectivity index is 1.73. The molecule has 3 aromatic rings. The molecule has 0 radical (unpaired) electrons. The molecule has 24 heavy (non-hydrogen) atoms. The van der Waals surface area contributed by atoms with E-state index in [1.807, 2.05) is 50.2 Å². The molecule has 0 spiro atoms. The predicted octanol–water partition coefficient (Wildman–Crippen LogP) is 6.20. The minimum Gasteiger partial charge on any atom is -0.436 e. The number of hydrogen-bond donors (Lipinski definition) is 0. The number of ether oxygens (including phenoxy) is 2. The van der Waals surface area contributed by atoms with E-state index in [1.165, 1.54) is 12.4 Å². The average molecular weight is 450 g/mol. The summed E-state index contributed by atoms with van der Waals surface area (Å²) in [4.78, 5) is 8.47. The summed E-state index contributed by atoms with van der Waals surface area (Å²) in [5.41, 5.74) is 2.29. The molecule has 0 aliphatic heterocycles. The van der Waals surface area contributed by atoms with E-state index >= 15 is 0 Å². The Morgan fingerprint density at radius 1 is 0.708 bits per heavy atom. The van der Waals surface area contributed by atoms with Gasteiger partial charge in [0.15, 0.2) is 0 Å². The predicted molar refractivity (Wildman–Crippen MR) is 99.9 cm³/mol. The minimum absolute atomic E-state index is 0.398. The second-order valence-corrected chi connectivity index (χ2v) is 6.97. The van der Waals surface area contributed by atoms with Crippen LogP contribution in [0.25, 0.3) is 0 Å². The van der Waals surface area contributed by atoms with Gasteiger partial charge >= 0.3 is 0 Å². The highest BCUT2D eigenvalue weighted by Crippen LogP contribution is 2.31. The molecular formula is C18H14Br2N2O2. The zero-order valence-electron chi connectivity index (χ0n) is 13.1. The Morgan fingerprint density at radius 2 is 1.12 bits per heavy atom. The van der Waals surface area contributed by atoms with Crippen molar-refractivity contribution in [3.05, 3.63) is 68.9 Å². The Hall–Kier alpha value is -1.92. The van der Waals surface area contributed by atoms with E-state index in [0.717, 1.165) is 20.1 Å². The maximum absolute atomic E-state index is 5.72. The molecule has 0 fully saturated rings. The first-order valence-electron chi connectivity index (χ1n) is 7.21. The van der Waals surface area contributed by atoms with Crippen molar-refractivity contribution in [3.63, 3.8) is 0 Å². The first kappa shape index (κ1) is 16.9. The van der Waals surface area contributed by atoms with E-state index in [9.17, 15) is 0 Å². The van der Waals surface area contributed by atoms with Crippen LogP contribution in [0.2, 0.25) is 0 Å². The number of hydrogen-bond acceptors (Lipinski definition) is 4. The van der Waals surface area contributed by atoms with Crippen LogP contribution in [0, 0.1) is 13.8 Å². The van der Waals surface area contributed by atoms with Gasteiger partial charge in [-0.05, 0) is 81.1 Å². The van der Waals surface area contributed by atoms with Crippen molar-refractivity contribution < 1.29 is 9.47 Å². The summed E-state index contributed by atoms with van der Waals surface area (Å²) in [5, 5.41) is 0. The second kappa shape index (κ2) is 7.32. The van der Waals surface area contributed by atoms with Gasteiger partial charge in [0.2, 0.25) is 11.8 Å². The summed E-state index contributed by atoms with van der Waals surface area (Å²) in [6, 6.07) is 11.7. The van der Waals surface area contributed by atoms with Crippen LogP contribution in [-0.2, 0) is 0 Å². The molecule has 0 aliphatic carbocycles. The molecule has 1 heterocycles. The van der Waals surface area contributed by atoms with Crippen LogP contribution < -0.4 is 9.47 Å². The fourth-order valence-corrected chi connectivity index (χ4v) is 3.16. The maximum Gasteiger partial charge on any atom is 0.238 e. The molecule has 0 amide bonds. The quantitative estimate of drug-likeness (QED) is 0.475. The molecule has 0 atom stereocenters. The van der Waals surface area contributed by atoms with Crippen LogP contribution in [0.4, 0.5) is 0 Å². The number of halogens is 2. The third-order valence-electron chi connectivity index (χ3n) is 3.21. The highest BCUT2D eigenvalue weighted by molar-refractivity contribution is 9.10. The normalized spacial score (nSPS) is 10.5. The molecule has 0 aliphatic rings. The Labute approximate surface area is 157 Å². The summed E-state index contributed by atoms with van der Waals surface area (Å²) < 4.78 is 13.2. The average Bonchev–Trinajstić information content (AvgIpc) is 2.54. The number of rotatable bonds is 4. The SMILES string of the molecule is Cc1ccc(Oc2cnc(Oc3ccc(C)cc3Br)cn2)c(Br)c1. The third kappa shape index (κ3) is 4.13. The first-order chi connectivity index (χ1) is 11.5. The lowest BCUT2D eigenvalue weighted by Gasteiger charge is -2.09. The number of benzene rings is 2. The summed E-state index contributed by atoms with van der Waals surface area (Å²) >= 11 is 6.95. The molecule has 122 valence electrons. The maximum atomic E-state index is 5.72. The zero-order valence-corrected chi connectivity index (χ0v) is 16.3.